The predicted molar refractivity (Wildman–Crippen MR) is 236 cm³/mol. The molecule has 0 saturated carbocycles. The van der Waals surface area contributed by atoms with Crippen LogP contribution < -0.4 is 4.90 Å². The van der Waals surface area contributed by atoms with Crippen LogP contribution in [0.15, 0.2) is 217 Å². The molecule has 12 rings (SSSR count). The van der Waals surface area contributed by atoms with E-state index in [1.54, 1.807) is 0 Å². The minimum absolute atomic E-state index is 0.428. The molecule has 1 spiro atoms. The monoisotopic (exact) mass is 725 g/mol. The van der Waals surface area contributed by atoms with Crippen LogP contribution in [0.5, 0.6) is 0 Å². The molecule has 2 heteroatoms. The highest BCUT2D eigenvalue weighted by Crippen LogP contribution is 2.64. The van der Waals surface area contributed by atoms with E-state index in [9.17, 15) is 0 Å². The van der Waals surface area contributed by atoms with Gasteiger partial charge in [-0.15, -0.1) is 0 Å². The van der Waals surface area contributed by atoms with E-state index < -0.39 is 5.41 Å². The van der Waals surface area contributed by atoms with E-state index in [-0.39, 0.29) is 0 Å². The van der Waals surface area contributed by atoms with Crippen LogP contribution in [0, 0.1) is 0 Å². The maximum atomic E-state index is 7.33. The lowest BCUT2D eigenvalue weighted by Gasteiger charge is -2.30. The molecule has 10 aromatic rings. The van der Waals surface area contributed by atoms with Crippen LogP contribution in [0.3, 0.4) is 0 Å². The van der Waals surface area contributed by atoms with Gasteiger partial charge in [0.1, 0.15) is 5.58 Å². The van der Waals surface area contributed by atoms with Crippen molar-refractivity contribution in [1.82, 2.24) is 0 Å². The Morgan fingerprint density at radius 3 is 1.33 bits per heavy atom. The van der Waals surface area contributed by atoms with Gasteiger partial charge in [0, 0.05) is 27.7 Å². The van der Waals surface area contributed by atoms with Crippen molar-refractivity contribution in [2.24, 2.45) is 0 Å². The van der Waals surface area contributed by atoms with Crippen molar-refractivity contribution in [3.8, 4) is 44.5 Å². The van der Waals surface area contributed by atoms with Crippen LogP contribution in [0.2, 0.25) is 0 Å². The summed E-state index contributed by atoms with van der Waals surface area (Å²) in [4.78, 5) is 2.34. The molecule has 0 N–H and O–H groups in total. The van der Waals surface area contributed by atoms with Gasteiger partial charge in [0.15, 0.2) is 5.58 Å². The number of furan rings is 1. The lowest BCUT2D eigenvalue weighted by Crippen LogP contribution is -2.25. The van der Waals surface area contributed by atoms with E-state index in [1.165, 1.54) is 66.8 Å². The molecule has 0 unspecified atom stereocenters. The summed E-state index contributed by atoms with van der Waals surface area (Å²) >= 11 is 0. The number of fused-ring (bicyclic) bond motifs is 14. The SMILES string of the molecule is c1ccc(-c2ccc(N(c3ccc(-c4ccccc4)cc3)c3cccc4c3oc3c5c(ccc34)C3(c4ccccc4-c4ccccc43)c3ccccc3-5)cc2)cc1. The fourth-order valence-corrected chi connectivity index (χ4v) is 9.89. The van der Waals surface area contributed by atoms with E-state index >= 15 is 0 Å². The number of benzene rings is 9. The van der Waals surface area contributed by atoms with Crippen molar-refractivity contribution in [2.75, 3.05) is 4.90 Å². The van der Waals surface area contributed by atoms with E-state index in [0.29, 0.717) is 0 Å². The summed E-state index contributed by atoms with van der Waals surface area (Å²) < 4.78 is 7.33. The maximum Gasteiger partial charge on any atom is 0.159 e. The zero-order chi connectivity index (χ0) is 37.5. The summed E-state index contributed by atoms with van der Waals surface area (Å²) in [5.41, 5.74) is 19.5. The molecular weight excluding hydrogens is 691 g/mol. The van der Waals surface area contributed by atoms with Gasteiger partial charge >= 0.3 is 0 Å². The Morgan fingerprint density at radius 1 is 0.316 bits per heavy atom. The van der Waals surface area contributed by atoms with E-state index in [1.807, 2.05) is 0 Å². The second-order valence-electron chi connectivity index (χ2n) is 15.2. The number of hydrogen-bond donors (Lipinski definition) is 0. The molecule has 0 saturated heterocycles. The average molecular weight is 726 g/mol. The van der Waals surface area contributed by atoms with E-state index in [4.69, 9.17) is 4.42 Å². The fraction of sp³-hybridized carbons (Fsp3) is 0.0182. The fourth-order valence-electron chi connectivity index (χ4n) is 9.89. The molecule has 0 atom stereocenters. The summed E-state index contributed by atoms with van der Waals surface area (Å²) in [6, 6.07) is 77.0. The van der Waals surface area contributed by atoms with Crippen LogP contribution in [0.1, 0.15) is 22.3 Å². The van der Waals surface area contributed by atoms with Gasteiger partial charge in [0.05, 0.1) is 11.1 Å². The summed E-state index contributed by atoms with van der Waals surface area (Å²) in [6.45, 7) is 0. The highest BCUT2D eigenvalue weighted by molar-refractivity contribution is 6.16. The van der Waals surface area contributed by atoms with Crippen LogP contribution in [-0.4, -0.2) is 0 Å². The highest BCUT2D eigenvalue weighted by Gasteiger charge is 2.52. The number of hydrogen-bond acceptors (Lipinski definition) is 2. The third kappa shape index (κ3) is 4.53. The van der Waals surface area contributed by atoms with E-state index in [2.05, 4.69) is 217 Å². The maximum absolute atomic E-state index is 7.33. The minimum Gasteiger partial charge on any atom is -0.453 e. The molecular formula is C55H35NO. The van der Waals surface area contributed by atoms with Crippen LogP contribution in [-0.2, 0) is 5.41 Å². The standard InChI is InChI=1S/C55H35NO/c1-3-14-36(15-4-1)38-26-30-40(31-27-38)56(41-32-28-39(29-33-41)37-16-5-2-6-17-37)51-25-13-21-44-45-34-35-50-52(54(45)57-53(44)51)46-20-9-12-24-49(46)55(50)47-22-10-7-18-42(47)43-19-8-11-23-48(43)55/h1-35H. The lowest BCUT2D eigenvalue weighted by molar-refractivity contribution is 0.669. The molecule has 0 fully saturated rings. The van der Waals surface area contributed by atoms with Crippen molar-refractivity contribution in [2.45, 2.75) is 5.41 Å². The van der Waals surface area contributed by atoms with Gasteiger partial charge in [-0.3, -0.25) is 0 Å². The Labute approximate surface area is 331 Å². The third-order valence-electron chi connectivity index (χ3n) is 12.3. The van der Waals surface area contributed by atoms with Crippen molar-refractivity contribution in [3.05, 3.63) is 235 Å². The van der Waals surface area contributed by atoms with Gasteiger partial charge in [-0.25, -0.2) is 0 Å². The molecule has 2 aliphatic carbocycles. The smallest absolute Gasteiger partial charge is 0.159 e. The molecule has 2 aliphatic rings. The number of para-hydroxylation sites is 1. The Kier molecular flexibility index (Phi) is 6.88. The number of nitrogens with zero attached hydrogens (tertiary/aromatic N) is 1. The summed E-state index contributed by atoms with van der Waals surface area (Å²) in [5, 5.41) is 2.22. The van der Waals surface area contributed by atoms with Crippen LogP contribution in [0.4, 0.5) is 17.1 Å². The molecule has 0 radical (unpaired) electrons. The lowest BCUT2D eigenvalue weighted by atomic mass is 9.70. The first-order valence-corrected chi connectivity index (χ1v) is 19.7. The van der Waals surface area contributed by atoms with Gasteiger partial charge in [-0.05, 0) is 91.5 Å². The van der Waals surface area contributed by atoms with Crippen molar-refractivity contribution >= 4 is 39.0 Å². The van der Waals surface area contributed by atoms with Gasteiger partial charge in [-0.2, -0.15) is 0 Å². The quantitative estimate of drug-likeness (QED) is 0.176. The first-order valence-electron chi connectivity index (χ1n) is 19.7. The average Bonchev–Trinajstić information content (AvgIpc) is 3.92. The summed E-state index contributed by atoms with van der Waals surface area (Å²) in [7, 11) is 0. The Bertz CT molecular complexity index is 3030. The molecule has 2 nitrogen and oxygen atoms in total. The van der Waals surface area contributed by atoms with Gasteiger partial charge in [0.2, 0.25) is 0 Å². The minimum atomic E-state index is -0.428. The number of rotatable bonds is 5. The first kappa shape index (κ1) is 31.9. The Morgan fingerprint density at radius 2 is 0.772 bits per heavy atom. The topological polar surface area (TPSA) is 16.4 Å². The summed E-state index contributed by atoms with van der Waals surface area (Å²) in [5.74, 6) is 0. The molecule has 0 aliphatic heterocycles. The van der Waals surface area contributed by atoms with Crippen molar-refractivity contribution < 1.29 is 4.42 Å². The molecule has 57 heavy (non-hydrogen) atoms. The second-order valence-corrected chi connectivity index (χ2v) is 15.2. The molecule has 1 heterocycles. The van der Waals surface area contributed by atoms with Crippen molar-refractivity contribution in [1.29, 1.82) is 0 Å². The van der Waals surface area contributed by atoms with Crippen LogP contribution in [0.25, 0.3) is 66.4 Å². The normalized spacial score (nSPS) is 13.1. The van der Waals surface area contributed by atoms with Crippen LogP contribution >= 0.6 is 0 Å². The molecule has 1 aromatic heterocycles. The molecule has 9 aromatic carbocycles. The highest BCUT2D eigenvalue weighted by atomic mass is 16.3. The number of anilines is 3. The third-order valence-corrected chi connectivity index (χ3v) is 12.3. The summed E-state index contributed by atoms with van der Waals surface area (Å²) in [6.07, 6.45) is 0. The molecule has 0 amide bonds. The van der Waals surface area contributed by atoms with Crippen molar-refractivity contribution in [3.63, 3.8) is 0 Å². The predicted octanol–water partition coefficient (Wildman–Crippen LogP) is 14.7. The van der Waals surface area contributed by atoms with Gasteiger partial charge in [-0.1, -0.05) is 182 Å². The Balaban J connectivity index is 1.09. The molecule has 266 valence electrons. The first-order chi connectivity index (χ1) is 28.3. The zero-order valence-corrected chi connectivity index (χ0v) is 31.1. The Hall–Kier alpha value is -7.42. The molecule has 0 bridgehead atoms. The zero-order valence-electron chi connectivity index (χ0n) is 31.1. The van der Waals surface area contributed by atoms with E-state index in [0.717, 1.165) is 39.0 Å². The van der Waals surface area contributed by atoms with Gasteiger partial charge < -0.3 is 9.32 Å². The largest absolute Gasteiger partial charge is 0.453 e. The van der Waals surface area contributed by atoms with Gasteiger partial charge in [0.25, 0.3) is 0 Å². The second kappa shape index (κ2) is 12.3.